The van der Waals surface area contributed by atoms with E-state index in [2.05, 4.69) is 6.58 Å². The summed E-state index contributed by atoms with van der Waals surface area (Å²) in [7, 11) is 1.80. The fourth-order valence-corrected chi connectivity index (χ4v) is 3.75. The van der Waals surface area contributed by atoms with Crippen molar-refractivity contribution in [1.29, 1.82) is 0 Å². The Morgan fingerprint density at radius 3 is 2.34 bits per heavy atom. The summed E-state index contributed by atoms with van der Waals surface area (Å²) in [5.41, 5.74) is 3.27. The summed E-state index contributed by atoms with van der Waals surface area (Å²) in [6, 6.07) is 15.4. The first-order chi connectivity index (χ1) is 16.7. The van der Waals surface area contributed by atoms with E-state index >= 15 is 0 Å². The molecule has 0 bridgehead atoms. The van der Waals surface area contributed by atoms with Gasteiger partial charge in [-0.2, -0.15) is 0 Å². The maximum absolute atomic E-state index is 13.0. The van der Waals surface area contributed by atoms with E-state index in [4.69, 9.17) is 9.47 Å². The third-order valence-electron chi connectivity index (χ3n) is 5.96. The highest BCUT2D eigenvalue weighted by Gasteiger charge is 2.28. The molecule has 1 amide bonds. The standard InChI is InChI=1S/C30H39NO4/c1-7-13-23(3)24-16-18-25(19-17-24)28(32)31(6)22-26-14-9-10-15-27(26)35-21-12-11-20-30(4,5)29(33)34-8-2/h7,9-10,13-19H,1,8,11-12,20-22H2,2-6H3/b23-13+. The fraction of sp³-hybridized carbons (Fsp3) is 0.400. The van der Waals surface area contributed by atoms with Gasteiger partial charge in [0, 0.05) is 24.7 Å². The van der Waals surface area contributed by atoms with Crippen LogP contribution in [0.1, 0.15) is 68.4 Å². The van der Waals surface area contributed by atoms with E-state index < -0.39 is 5.41 Å². The second-order valence-corrected chi connectivity index (χ2v) is 9.34. The molecule has 2 rings (SSSR count). The molecule has 0 aliphatic heterocycles. The summed E-state index contributed by atoms with van der Waals surface area (Å²) < 4.78 is 11.2. The molecule has 5 heteroatoms. The number of hydrogen-bond acceptors (Lipinski definition) is 4. The Hall–Kier alpha value is -3.34. The lowest BCUT2D eigenvalue weighted by Gasteiger charge is -2.22. The van der Waals surface area contributed by atoms with E-state index in [1.54, 1.807) is 18.0 Å². The minimum atomic E-state index is -0.490. The van der Waals surface area contributed by atoms with Gasteiger partial charge >= 0.3 is 5.97 Å². The Bertz CT molecular complexity index is 1020. The van der Waals surface area contributed by atoms with Gasteiger partial charge in [0.25, 0.3) is 5.91 Å². The number of nitrogens with zero attached hydrogens (tertiary/aromatic N) is 1. The lowest BCUT2D eigenvalue weighted by Crippen LogP contribution is -2.27. The molecule has 35 heavy (non-hydrogen) atoms. The molecular formula is C30H39NO4. The van der Waals surface area contributed by atoms with Crippen molar-refractivity contribution in [2.45, 2.75) is 53.5 Å². The molecule has 2 aromatic carbocycles. The Balaban J connectivity index is 1.92. The van der Waals surface area contributed by atoms with Crippen LogP contribution in [0.15, 0.2) is 67.3 Å². The average molecular weight is 478 g/mol. The van der Waals surface area contributed by atoms with Crippen molar-refractivity contribution >= 4 is 17.4 Å². The maximum atomic E-state index is 13.0. The fourth-order valence-electron chi connectivity index (χ4n) is 3.75. The van der Waals surface area contributed by atoms with Crippen LogP contribution >= 0.6 is 0 Å². The Kier molecular flexibility index (Phi) is 10.8. The van der Waals surface area contributed by atoms with Gasteiger partial charge < -0.3 is 14.4 Å². The van der Waals surface area contributed by atoms with Crippen LogP contribution in [0.25, 0.3) is 5.57 Å². The second-order valence-electron chi connectivity index (χ2n) is 9.34. The molecule has 0 aliphatic carbocycles. The first-order valence-electron chi connectivity index (χ1n) is 12.2. The molecule has 0 N–H and O–H groups in total. The number of unbranched alkanes of at least 4 members (excludes halogenated alkanes) is 1. The van der Waals surface area contributed by atoms with Crippen LogP contribution in [0.3, 0.4) is 0 Å². The Labute approximate surface area is 210 Å². The molecule has 0 spiro atoms. The number of rotatable bonds is 13. The summed E-state index contributed by atoms with van der Waals surface area (Å²) in [4.78, 5) is 26.7. The SMILES string of the molecule is C=C/C=C(\C)c1ccc(C(=O)N(C)Cc2ccccc2OCCCCC(C)(C)C(=O)OCC)cc1. The molecule has 2 aromatic rings. The number of allylic oxidation sites excluding steroid dienone is 3. The van der Waals surface area contributed by atoms with Crippen molar-refractivity contribution in [3.8, 4) is 5.75 Å². The van der Waals surface area contributed by atoms with E-state index in [0.717, 1.165) is 41.7 Å². The Morgan fingerprint density at radius 2 is 1.69 bits per heavy atom. The second kappa shape index (κ2) is 13.5. The lowest BCUT2D eigenvalue weighted by molar-refractivity contribution is -0.153. The molecule has 0 atom stereocenters. The van der Waals surface area contributed by atoms with Gasteiger partial charge in [-0.25, -0.2) is 0 Å². The quantitative estimate of drug-likeness (QED) is 0.183. The minimum absolute atomic E-state index is 0.0436. The van der Waals surface area contributed by atoms with Crippen molar-refractivity contribution in [2.75, 3.05) is 20.3 Å². The summed E-state index contributed by atoms with van der Waals surface area (Å²) in [6.45, 7) is 12.8. The highest BCUT2D eigenvalue weighted by atomic mass is 16.5. The molecule has 5 nitrogen and oxygen atoms in total. The molecule has 0 saturated carbocycles. The lowest BCUT2D eigenvalue weighted by atomic mass is 9.87. The smallest absolute Gasteiger partial charge is 0.311 e. The molecule has 188 valence electrons. The zero-order valence-corrected chi connectivity index (χ0v) is 21.8. The highest BCUT2D eigenvalue weighted by Crippen LogP contribution is 2.26. The van der Waals surface area contributed by atoms with Crippen molar-refractivity contribution in [3.05, 3.63) is 84.0 Å². The first-order valence-corrected chi connectivity index (χ1v) is 12.2. The molecule has 0 aliphatic rings. The van der Waals surface area contributed by atoms with E-state index in [1.807, 2.05) is 82.3 Å². The Morgan fingerprint density at radius 1 is 1.03 bits per heavy atom. The number of para-hydroxylation sites is 1. The number of ether oxygens (including phenoxy) is 2. The van der Waals surface area contributed by atoms with Gasteiger partial charge in [-0.15, -0.1) is 0 Å². The minimum Gasteiger partial charge on any atom is -0.493 e. The molecule has 0 fully saturated rings. The molecule has 0 saturated heterocycles. The molecular weight excluding hydrogens is 438 g/mol. The normalized spacial score (nSPS) is 11.6. The van der Waals surface area contributed by atoms with E-state index in [0.29, 0.717) is 25.3 Å². The summed E-state index contributed by atoms with van der Waals surface area (Å²) >= 11 is 0. The van der Waals surface area contributed by atoms with Crippen molar-refractivity contribution in [1.82, 2.24) is 4.90 Å². The zero-order chi connectivity index (χ0) is 25.8. The van der Waals surface area contributed by atoms with Gasteiger partial charge in [-0.1, -0.05) is 49.1 Å². The topological polar surface area (TPSA) is 55.8 Å². The van der Waals surface area contributed by atoms with Crippen LogP contribution in [0.5, 0.6) is 5.75 Å². The van der Waals surface area contributed by atoms with Crippen LogP contribution in [-0.4, -0.2) is 37.0 Å². The van der Waals surface area contributed by atoms with E-state index in [1.165, 1.54) is 0 Å². The number of hydrogen-bond donors (Lipinski definition) is 0. The molecule has 0 radical (unpaired) electrons. The van der Waals surface area contributed by atoms with E-state index in [-0.39, 0.29) is 11.9 Å². The molecule has 0 unspecified atom stereocenters. The number of amides is 1. The van der Waals surface area contributed by atoms with Gasteiger partial charge in [0.05, 0.1) is 18.6 Å². The van der Waals surface area contributed by atoms with Crippen molar-refractivity contribution in [3.63, 3.8) is 0 Å². The van der Waals surface area contributed by atoms with Crippen LogP contribution in [0.2, 0.25) is 0 Å². The van der Waals surface area contributed by atoms with Crippen LogP contribution in [-0.2, 0) is 16.1 Å². The number of carbonyl (C=O) groups excluding carboxylic acids is 2. The predicted molar refractivity (Wildman–Crippen MR) is 142 cm³/mol. The molecule has 0 aromatic heterocycles. The van der Waals surface area contributed by atoms with E-state index in [9.17, 15) is 9.59 Å². The largest absolute Gasteiger partial charge is 0.493 e. The number of esters is 1. The van der Waals surface area contributed by atoms with Gasteiger partial charge in [-0.3, -0.25) is 9.59 Å². The maximum Gasteiger partial charge on any atom is 0.311 e. The third-order valence-corrected chi connectivity index (χ3v) is 5.96. The monoisotopic (exact) mass is 477 g/mol. The highest BCUT2D eigenvalue weighted by molar-refractivity contribution is 5.94. The van der Waals surface area contributed by atoms with Gasteiger partial charge in [-0.05, 0) is 76.3 Å². The summed E-state index contributed by atoms with van der Waals surface area (Å²) in [5.74, 6) is 0.576. The molecule has 0 heterocycles. The van der Waals surface area contributed by atoms with Crippen LogP contribution in [0, 0.1) is 5.41 Å². The first kappa shape index (κ1) is 27.9. The number of carbonyl (C=O) groups is 2. The summed E-state index contributed by atoms with van der Waals surface area (Å²) in [5, 5.41) is 0. The van der Waals surface area contributed by atoms with Crippen LogP contribution in [0.4, 0.5) is 0 Å². The van der Waals surface area contributed by atoms with Crippen molar-refractivity contribution < 1.29 is 19.1 Å². The average Bonchev–Trinajstić information content (AvgIpc) is 2.84. The third kappa shape index (κ3) is 8.43. The van der Waals surface area contributed by atoms with Gasteiger partial charge in [0.2, 0.25) is 0 Å². The van der Waals surface area contributed by atoms with Crippen LogP contribution < -0.4 is 4.74 Å². The van der Waals surface area contributed by atoms with Gasteiger partial charge in [0.15, 0.2) is 0 Å². The van der Waals surface area contributed by atoms with Gasteiger partial charge in [0.1, 0.15) is 5.75 Å². The zero-order valence-electron chi connectivity index (χ0n) is 21.8. The predicted octanol–water partition coefficient (Wildman–Crippen LogP) is 6.69. The number of benzene rings is 2. The summed E-state index contributed by atoms with van der Waals surface area (Å²) in [6.07, 6.45) is 6.14. The van der Waals surface area contributed by atoms with Crippen molar-refractivity contribution in [2.24, 2.45) is 5.41 Å².